The summed E-state index contributed by atoms with van der Waals surface area (Å²) in [5, 5.41) is 7.00. The zero-order valence-corrected chi connectivity index (χ0v) is 13.9. The summed E-state index contributed by atoms with van der Waals surface area (Å²) >= 11 is 6.24. The first-order valence-corrected chi connectivity index (χ1v) is 7.71. The van der Waals surface area contributed by atoms with Crippen molar-refractivity contribution in [3.05, 3.63) is 23.2 Å². The summed E-state index contributed by atoms with van der Waals surface area (Å²) in [6.07, 6.45) is 2.16. The Balaban J connectivity index is 2.22. The van der Waals surface area contributed by atoms with Crippen LogP contribution in [0.4, 0.5) is 11.4 Å². The molecule has 1 heterocycles. The van der Waals surface area contributed by atoms with Gasteiger partial charge in [-0.15, -0.1) is 0 Å². The van der Waals surface area contributed by atoms with Crippen molar-refractivity contribution in [3.8, 4) is 0 Å². The molecular formula is C16H24ClN3O. The number of anilines is 2. The highest BCUT2D eigenvalue weighted by atomic mass is 35.5. The Labute approximate surface area is 131 Å². The summed E-state index contributed by atoms with van der Waals surface area (Å²) in [6.45, 7) is 5.15. The van der Waals surface area contributed by atoms with Gasteiger partial charge in [0, 0.05) is 14.1 Å². The number of carbonyl (C=O) groups is 1. The van der Waals surface area contributed by atoms with E-state index >= 15 is 0 Å². The summed E-state index contributed by atoms with van der Waals surface area (Å²) in [6, 6.07) is 5.38. The van der Waals surface area contributed by atoms with Gasteiger partial charge in [-0.05, 0) is 36.9 Å². The van der Waals surface area contributed by atoms with Crippen LogP contribution in [0.1, 0.15) is 26.7 Å². The van der Waals surface area contributed by atoms with Gasteiger partial charge in [0.15, 0.2) is 0 Å². The minimum atomic E-state index is -0.180. The molecule has 1 unspecified atom stereocenters. The molecule has 1 amide bonds. The highest BCUT2D eigenvalue weighted by Gasteiger charge is 2.37. The Morgan fingerprint density at radius 3 is 2.76 bits per heavy atom. The van der Waals surface area contributed by atoms with E-state index in [0.29, 0.717) is 5.02 Å². The lowest BCUT2D eigenvalue weighted by Gasteiger charge is -2.38. The smallest absolute Gasteiger partial charge is 0.242 e. The van der Waals surface area contributed by atoms with Gasteiger partial charge in [-0.3, -0.25) is 4.79 Å². The average molecular weight is 310 g/mol. The highest BCUT2D eigenvalue weighted by Crippen LogP contribution is 2.34. The van der Waals surface area contributed by atoms with Gasteiger partial charge >= 0.3 is 0 Å². The van der Waals surface area contributed by atoms with Gasteiger partial charge in [-0.1, -0.05) is 31.5 Å². The van der Waals surface area contributed by atoms with Gasteiger partial charge in [-0.2, -0.15) is 0 Å². The first-order valence-electron chi connectivity index (χ1n) is 7.33. The van der Waals surface area contributed by atoms with E-state index in [9.17, 15) is 4.79 Å². The molecule has 1 aliphatic heterocycles. The van der Waals surface area contributed by atoms with Crippen molar-refractivity contribution in [1.29, 1.82) is 0 Å². The second kappa shape index (κ2) is 6.24. The molecule has 21 heavy (non-hydrogen) atoms. The summed E-state index contributed by atoms with van der Waals surface area (Å²) < 4.78 is 0. The van der Waals surface area contributed by atoms with Crippen LogP contribution < -0.4 is 15.5 Å². The van der Waals surface area contributed by atoms with Crippen molar-refractivity contribution in [3.63, 3.8) is 0 Å². The van der Waals surface area contributed by atoms with Crippen LogP contribution in [0.25, 0.3) is 0 Å². The summed E-state index contributed by atoms with van der Waals surface area (Å²) in [4.78, 5) is 14.5. The fourth-order valence-corrected chi connectivity index (χ4v) is 3.28. The number of nitrogens with zero attached hydrogens (tertiary/aromatic N) is 1. The molecule has 0 aliphatic carbocycles. The van der Waals surface area contributed by atoms with E-state index in [-0.39, 0.29) is 17.4 Å². The van der Waals surface area contributed by atoms with Crippen molar-refractivity contribution in [1.82, 2.24) is 5.32 Å². The average Bonchev–Trinajstić information content (AvgIpc) is 2.37. The van der Waals surface area contributed by atoms with Crippen LogP contribution >= 0.6 is 11.6 Å². The van der Waals surface area contributed by atoms with Crippen LogP contribution in [0.5, 0.6) is 0 Å². The molecule has 116 valence electrons. The normalized spacial score (nSPS) is 20.9. The number of rotatable bonds is 3. The van der Waals surface area contributed by atoms with Gasteiger partial charge in [0.05, 0.1) is 22.4 Å². The molecule has 5 heteroatoms. The van der Waals surface area contributed by atoms with Crippen molar-refractivity contribution < 1.29 is 4.79 Å². The van der Waals surface area contributed by atoms with Crippen LogP contribution in [-0.2, 0) is 4.79 Å². The van der Waals surface area contributed by atoms with E-state index in [1.165, 1.54) is 0 Å². The standard InChI is InChI=1S/C16H24ClN3O/c1-16(2)9-6-10-18-14(16)15(21)19-12-8-5-7-11(17)13(12)20(3)4/h5,7-8,14,18H,6,9-10H2,1-4H3,(H,19,21). The number of benzene rings is 1. The van der Waals surface area contributed by atoms with Crippen LogP contribution in [0.15, 0.2) is 18.2 Å². The summed E-state index contributed by atoms with van der Waals surface area (Å²) in [5.74, 6) is 0.00469. The van der Waals surface area contributed by atoms with Crippen molar-refractivity contribution in [2.45, 2.75) is 32.7 Å². The van der Waals surface area contributed by atoms with Crippen molar-refractivity contribution >= 4 is 28.9 Å². The van der Waals surface area contributed by atoms with Crippen molar-refractivity contribution in [2.75, 3.05) is 30.9 Å². The Hall–Kier alpha value is -1.26. The second-order valence-electron chi connectivity index (χ2n) is 6.50. The molecule has 2 rings (SSSR count). The number of halogens is 1. The van der Waals surface area contributed by atoms with Crippen molar-refractivity contribution in [2.24, 2.45) is 5.41 Å². The molecule has 4 nitrogen and oxygen atoms in total. The maximum atomic E-state index is 12.6. The van der Waals surface area contributed by atoms with E-state index in [1.54, 1.807) is 0 Å². The zero-order valence-electron chi connectivity index (χ0n) is 13.2. The maximum absolute atomic E-state index is 12.6. The van der Waals surface area contributed by atoms with E-state index in [4.69, 9.17) is 11.6 Å². The van der Waals surface area contributed by atoms with Crippen LogP contribution in [0, 0.1) is 5.41 Å². The molecule has 1 atom stereocenters. The third-order valence-corrected chi connectivity index (χ3v) is 4.39. The molecule has 0 saturated carbocycles. The van der Waals surface area contributed by atoms with Crippen LogP contribution in [-0.4, -0.2) is 32.6 Å². The number of para-hydroxylation sites is 1. The fraction of sp³-hybridized carbons (Fsp3) is 0.562. The zero-order chi connectivity index (χ0) is 15.6. The van der Waals surface area contributed by atoms with Gasteiger partial charge in [0.2, 0.25) is 5.91 Å². The Bertz CT molecular complexity index is 528. The molecule has 1 fully saturated rings. The number of nitrogens with one attached hydrogen (secondary N) is 2. The molecule has 1 aromatic carbocycles. The van der Waals surface area contributed by atoms with Gasteiger partial charge in [-0.25, -0.2) is 0 Å². The second-order valence-corrected chi connectivity index (χ2v) is 6.91. The largest absolute Gasteiger partial charge is 0.375 e. The molecular weight excluding hydrogens is 286 g/mol. The Morgan fingerprint density at radius 2 is 2.14 bits per heavy atom. The van der Waals surface area contributed by atoms with E-state index in [2.05, 4.69) is 24.5 Å². The number of hydrogen-bond donors (Lipinski definition) is 2. The van der Waals surface area contributed by atoms with E-state index < -0.39 is 0 Å². The molecule has 0 aromatic heterocycles. The third-order valence-electron chi connectivity index (χ3n) is 4.08. The highest BCUT2D eigenvalue weighted by molar-refractivity contribution is 6.34. The maximum Gasteiger partial charge on any atom is 0.242 e. The number of carbonyl (C=O) groups excluding carboxylic acids is 1. The number of piperidine rings is 1. The first kappa shape index (κ1) is 16.1. The lowest BCUT2D eigenvalue weighted by Crippen LogP contribution is -2.53. The van der Waals surface area contributed by atoms with Gasteiger partial charge in [0.25, 0.3) is 0 Å². The quantitative estimate of drug-likeness (QED) is 0.901. The molecule has 2 N–H and O–H groups in total. The minimum Gasteiger partial charge on any atom is -0.375 e. The lowest BCUT2D eigenvalue weighted by molar-refractivity contribution is -0.121. The topological polar surface area (TPSA) is 44.4 Å². The predicted octanol–water partition coefficient (Wildman–Crippen LogP) is 3.12. The fourth-order valence-electron chi connectivity index (χ4n) is 2.93. The van der Waals surface area contributed by atoms with Crippen LogP contribution in [0.3, 0.4) is 0 Å². The number of amides is 1. The lowest BCUT2D eigenvalue weighted by atomic mass is 9.77. The van der Waals surface area contributed by atoms with E-state index in [1.807, 2.05) is 37.2 Å². The SMILES string of the molecule is CN(C)c1c(Cl)cccc1NC(=O)C1NCCCC1(C)C. The molecule has 0 spiro atoms. The number of hydrogen-bond acceptors (Lipinski definition) is 3. The molecule has 1 aliphatic rings. The molecule has 1 saturated heterocycles. The monoisotopic (exact) mass is 309 g/mol. The van der Waals surface area contributed by atoms with E-state index in [0.717, 1.165) is 30.8 Å². The third kappa shape index (κ3) is 3.50. The summed E-state index contributed by atoms with van der Waals surface area (Å²) in [7, 11) is 3.83. The predicted molar refractivity (Wildman–Crippen MR) is 89.2 cm³/mol. The van der Waals surface area contributed by atoms with Crippen LogP contribution in [0.2, 0.25) is 5.02 Å². The molecule has 0 bridgehead atoms. The molecule has 0 radical (unpaired) electrons. The van der Waals surface area contributed by atoms with Gasteiger partial charge in [0.1, 0.15) is 0 Å². The Morgan fingerprint density at radius 1 is 1.43 bits per heavy atom. The molecule has 1 aromatic rings. The summed E-state index contributed by atoms with van der Waals surface area (Å²) in [5.41, 5.74) is 1.54. The van der Waals surface area contributed by atoms with Gasteiger partial charge < -0.3 is 15.5 Å². The minimum absolute atomic E-state index is 0.00469. The first-order chi connectivity index (χ1) is 9.83. The Kier molecular flexibility index (Phi) is 4.79.